The van der Waals surface area contributed by atoms with Crippen LogP contribution in [0.4, 0.5) is 5.82 Å². The van der Waals surface area contributed by atoms with E-state index in [-0.39, 0.29) is 11.7 Å². The van der Waals surface area contributed by atoms with Crippen LogP contribution in [-0.2, 0) is 0 Å². The number of ether oxygens (including phenoxy) is 1. The Balaban J connectivity index is 1.03. The molecular formula is C33H42N8O2. The number of nitrogens with one attached hydrogen (secondary N) is 1. The Morgan fingerprint density at radius 2 is 1.51 bits per heavy atom. The molecule has 0 amide bonds. The molecule has 3 N–H and O–H groups in total. The molecular weight excluding hydrogens is 540 g/mol. The zero-order valence-electron chi connectivity index (χ0n) is 24.8. The molecule has 43 heavy (non-hydrogen) atoms. The molecule has 3 aliphatic rings. The second kappa shape index (κ2) is 12.5. The van der Waals surface area contributed by atoms with Crippen LogP contribution in [0.3, 0.4) is 0 Å². The van der Waals surface area contributed by atoms with Gasteiger partial charge in [0, 0.05) is 31.7 Å². The van der Waals surface area contributed by atoms with Crippen LogP contribution >= 0.6 is 0 Å². The highest BCUT2D eigenvalue weighted by atomic mass is 16.5. The zero-order chi connectivity index (χ0) is 29.2. The van der Waals surface area contributed by atoms with Gasteiger partial charge in [0.1, 0.15) is 23.3 Å². The number of nitrogens with two attached hydrogens (primary N) is 1. The molecule has 2 aromatic heterocycles. The van der Waals surface area contributed by atoms with Gasteiger partial charge in [-0.15, -0.1) is 0 Å². The van der Waals surface area contributed by atoms with Crippen molar-refractivity contribution in [1.29, 1.82) is 0 Å². The van der Waals surface area contributed by atoms with E-state index in [9.17, 15) is 4.79 Å². The standard InChI is InChI=1S/C33H42N8O2/c34-31-30-32(37-23-36-31)41(33(42)40(30)26-6-8-29(9-7-26)43-28-4-2-1-3-5-28)27-14-18-38(19-15-27)22-24-12-20-39(21-13-24)25-10-16-35-17-11-25/h1-9,23-25,27,35H,10-22H2,(H2,34,36,37). The van der Waals surface area contributed by atoms with Crippen molar-refractivity contribution in [2.75, 3.05) is 51.5 Å². The van der Waals surface area contributed by atoms with Crippen molar-refractivity contribution in [1.82, 2.24) is 34.2 Å². The predicted octanol–water partition coefficient (Wildman–Crippen LogP) is 4.06. The van der Waals surface area contributed by atoms with E-state index in [2.05, 4.69) is 25.1 Å². The lowest BCUT2D eigenvalue weighted by Crippen LogP contribution is -2.48. The first-order valence-electron chi connectivity index (χ1n) is 15.9. The Hall–Kier alpha value is -3.73. The Labute approximate surface area is 252 Å². The number of para-hydroxylation sites is 1. The number of hydrogen-bond donors (Lipinski definition) is 2. The Morgan fingerprint density at radius 1 is 0.814 bits per heavy atom. The van der Waals surface area contributed by atoms with Gasteiger partial charge in [0.25, 0.3) is 0 Å². The number of nitrogens with zero attached hydrogens (tertiary/aromatic N) is 6. The number of nitrogen functional groups attached to an aromatic ring is 1. The smallest absolute Gasteiger partial charge is 0.335 e. The van der Waals surface area contributed by atoms with Gasteiger partial charge in [-0.1, -0.05) is 18.2 Å². The number of piperidine rings is 3. The summed E-state index contributed by atoms with van der Waals surface area (Å²) in [7, 11) is 0. The average Bonchev–Trinajstić information content (AvgIpc) is 3.36. The van der Waals surface area contributed by atoms with Gasteiger partial charge in [-0.2, -0.15) is 0 Å². The maximum absolute atomic E-state index is 14.0. The largest absolute Gasteiger partial charge is 0.457 e. The van der Waals surface area contributed by atoms with Crippen molar-refractivity contribution in [3.05, 3.63) is 71.4 Å². The summed E-state index contributed by atoms with van der Waals surface area (Å²) in [6, 6.07) is 18.0. The molecule has 0 atom stereocenters. The van der Waals surface area contributed by atoms with Crippen LogP contribution in [0.1, 0.15) is 44.6 Å². The second-order valence-electron chi connectivity index (χ2n) is 12.3. The van der Waals surface area contributed by atoms with Crippen LogP contribution < -0.4 is 21.5 Å². The summed E-state index contributed by atoms with van der Waals surface area (Å²) in [6.07, 6.45) is 8.46. The summed E-state index contributed by atoms with van der Waals surface area (Å²) in [5.41, 5.74) is 8.11. The van der Waals surface area contributed by atoms with Crippen LogP contribution in [0.25, 0.3) is 16.9 Å². The van der Waals surface area contributed by atoms with E-state index in [0.29, 0.717) is 28.4 Å². The van der Waals surface area contributed by atoms with Gasteiger partial charge in [-0.05, 0) is 107 Å². The molecule has 0 bridgehead atoms. The summed E-state index contributed by atoms with van der Waals surface area (Å²) in [4.78, 5) is 28.2. The topological polar surface area (TPSA) is 106 Å². The number of aromatic nitrogens is 4. The van der Waals surface area contributed by atoms with E-state index in [1.807, 2.05) is 59.2 Å². The van der Waals surface area contributed by atoms with Gasteiger partial charge in [-0.3, -0.25) is 9.13 Å². The minimum atomic E-state index is -0.123. The number of imidazole rings is 1. The van der Waals surface area contributed by atoms with Crippen molar-refractivity contribution in [3.8, 4) is 17.2 Å². The van der Waals surface area contributed by atoms with Crippen molar-refractivity contribution >= 4 is 17.0 Å². The lowest BCUT2D eigenvalue weighted by Gasteiger charge is -2.41. The van der Waals surface area contributed by atoms with Crippen LogP contribution in [0, 0.1) is 5.92 Å². The van der Waals surface area contributed by atoms with Gasteiger partial charge >= 0.3 is 5.69 Å². The molecule has 0 spiro atoms. The van der Waals surface area contributed by atoms with Crippen LogP contribution in [0.15, 0.2) is 65.7 Å². The van der Waals surface area contributed by atoms with Gasteiger partial charge < -0.3 is 25.6 Å². The lowest BCUT2D eigenvalue weighted by atomic mass is 9.92. The van der Waals surface area contributed by atoms with Gasteiger partial charge in [-0.25, -0.2) is 14.8 Å². The van der Waals surface area contributed by atoms with Gasteiger partial charge in [0.15, 0.2) is 11.5 Å². The van der Waals surface area contributed by atoms with Crippen LogP contribution in [0.5, 0.6) is 11.5 Å². The van der Waals surface area contributed by atoms with E-state index in [0.717, 1.165) is 63.3 Å². The maximum atomic E-state index is 14.0. The normalized spacial score (nSPS) is 20.1. The summed E-state index contributed by atoms with van der Waals surface area (Å²) in [5.74, 6) is 2.52. The van der Waals surface area contributed by atoms with E-state index in [1.165, 1.54) is 45.1 Å². The number of rotatable bonds is 7. The third-order valence-electron chi connectivity index (χ3n) is 9.67. The van der Waals surface area contributed by atoms with E-state index in [4.69, 9.17) is 10.5 Å². The molecule has 3 saturated heterocycles. The first-order chi connectivity index (χ1) is 21.1. The quantitative estimate of drug-likeness (QED) is 0.336. The highest BCUT2D eigenvalue weighted by Crippen LogP contribution is 2.30. The fourth-order valence-electron chi connectivity index (χ4n) is 7.32. The van der Waals surface area contributed by atoms with Crippen LogP contribution in [0.2, 0.25) is 0 Å². The van der Waals surface area contributed by atoms with Gasteiger partial charge in [0.05, 0.1) is 5.69 Å². The Kier molecular flexibility index (Phi) is 8.14. The van der Waals surface area contributed by atoms with Crippen molar-refractivity contribution < 1.29 is 4.74 Å². The van der Waals surface area contributed by atoms with Gasteiger partial charge in [0.2, 0.25) is 0 Å². The molecule has 226 valence electrons. The monoisotopic (exact) mass is 582 g/mol. The molecule has 5 heterocycles. The molecule has 10 nitrogen and oxygen atoms in total. The molecule has 0 saturated carbocycles. The number of anilines is 1. The molecule has 0 aliphatic carbocycles. The number of hydrogen-bond acceptors (Lipinski definition) is 8. The van der Waals surface area contributed by atoms with E-state index in [1.54, 1.807) is 4.57 Å². The molecule has 2 aromatic carbocycles. The second-order valence-corrected chi connectivity index (χ2v) is 12.3. The number of benzene rings is 2. The molecule has 3 fully saturated rings. The zero-order valence-corrected chi connectivity index (χ0v) is 24.8. The number of likely N-dealkylation sites (tertiary alicyclic amines) is 2. The Bertz CT molecular complexity index is 1560. The summed E-state index contributed by atoms with van der Waals surface area (Å²) >= 11 is 0. The minimum Gasteiger partial charge on any atom is -0.457 e. The third-order valence-corrected chi connectivity index (χ3v) is 9.67. The third kappa shape index (κ3) is 5.91. The molecule has 3 aliphatic heterocycles. The summed E-state index contributed by atoms with van der Waals surface area (Å²) in [5, 5.41) is 3.49. The predicted molar refractivity (Wildman–Crippen MR) is 169 cm³/mol. The molecule has 4 aromatic rings. The maximum Gasteiger partial charge on any atom is 0.335 e. The molecule has 0 unspecified atom stereocenters. The molecule has 7 rings (SSSR count). The number of fused-ring (bicyclic) bond motifs is 1. The first-order valence-corrected chi connectivity index (χ1v) is 15.9. The highest BCUT2D eigenvalue weighted by molar-refractivity contribution is 5.84. The van der Waals surface area contributed by atoms with Crippen molar-refractivity contribution in [2.45, 2.75) is 50.6 Å². The average molecular weight is 583 g/mol. The fourth-order valence-corrected chi connectivity index (χ4v) is 7.32. The fraction of sp³-hybridized carbons (Fsp3) is 0.485. The van der Waals surface area contributed by atoms with Crippen molar-refractivity contribution in [3.63, 3.8) is 0 Å². The highest BCUT2D eigenvalue weighted by Gasteiger charge is 2.30. The molecule has 0 radical (unpaired) electrons. The summed E-state index contributed by atoms with van der Waals surface area (Å²) in [6.45, 7) is 7.94. The summed E-state index contributed by atoms with van der Waals surface area (Å²) < 4.78 is 9.47. The first kappa shape index (κ1) is 28.1. The van der Waals surface area contributed by atoms with Crippen molar-refractivity contribution in [2.24, 2.45) is 5.92 Å². The van der Waals surface area contributed by atoms with E-state index < -0.39 is 0 Å². The lowest BCUT2D eigenvalue weighted by molar-refractivity contribution is 0.0852. The minimum absolute atomic E-state index is 0.0734. The SMILES string of the molecule is Nc1ncnc2c1n(-c1ccc(Oc3ccccc3)cc1)c(=O)n2C1CCN(CC2CCN(C3CCNCC3)CC2)CC1. The van der Waals surface area contributed by atoms with Crippen LogP contribution in [-0.4, -0.2) is 80.8 Å². The van der Waals surface area contributed by atoms with E-state index >= 15 is 0 Å². The Morgan fingerprint density at radius 3 is 2.23 bits per heavy atom. The molecule has 10 heteroatoms.